The molecule has 0 fully saturated rings. The lowest BCUT2D eigenvalue weighted by molar-refractivity contribution is 0.0660. The lowest BCUT2D eigenvalue weighted by Gasteiger charge is -1.99. The van der Waals surface area contributed by atoms with Gasteiger partial charge in [-0.3, -0.25) is 0 Å². The van der Waals surface area contributed by atoms with Crippen molar-refractivity contribution in [3.8, 4) is 0 Å². The van der Waals surface area contributed by atoms with Crippen LogP contribution in [0.4, 0.5) is 0 Å². The largest absolute Gasteiger partial charge is 0.475 e. The van der Waals surface area contributed by atoms with Crippen molar-refractivity contribution < 1.29 is 14.3 Å². The average molecular weight is 252 g/mol. The summed E-state index contributed by atoms with van der Waals surface area (Å²) in [7, 11) is 0. The number of aromatic carboxylic acids is 1. The Morgan fingerprint density at radius 1 is 1.53 bits per heavy atom. The Hall–Kier alpha value is -1.66. The maximum Gasteiger partial charge on any atom is 0.371 e. The molecule has 0 aromatic carbocycles. The zero-order chi connectivity index (χ0) is 12.3. The predicted octanol–water partition coefficient (Wildman–Crippen LogP) is 2.03. The highest BCUT2D eigenvalue weighted by molar-refractivity contribution is 7.11. The van der Waals surface area contributed by atoms with E-state index in [1.807, 2.05) is 13.1 Å². The van der Waals surface area contributed by atoms with Crippen LogP contribution < -0.4 is 5.32 Å². The van der Waals surface area contributed by atoms with Crippen LogP contribution in [0.25, 0.3) is 0 Å². The van der Waals surface area contributed by atoms with Crippen LogP contribution in [-0.4, -0.2) is 16.1 Å². The summed E-state index contributed by atoms with van der Waals surface area (Å²) in [6.07, 6.45) is 1.83. The van der Waals surface area contributed by atoms with Crippen LogP contribution in [0, 0.1) is 6.92 Å². The molecule has 0 atom stereocenters. The van der Waals surface area contributed by atoms with Crippen molar-refractivity contribution in [2.45, 2.75) is 20.0 Å². The zero-order valence-electron chi connectivity index (χ0n) is 9.27. The first-order valence-corrected chi connectivity index (χ1v) is 5.91. The fourth-order valence-corrected chi connectivity index (χ4v) is 2.15. The van der Waals surface area contributed by atoms with Crippen molar-refractivity contribution in [3.05, 3.63) is 39.7 Å². The fourth-order valence-electron chi connectivity index (χ4n) is 1.38. The summed E-state index contributed by atoms with van der Waals surface area (Å²) in [5, 5.41) is 12.9. The van der Waals surface area contributed by atoms with E-state index in [2.05, 4.69) is 10.3 Å². The van der Waals surface area contributed by atoms with Gasteiger partial charge in [-0.05, 0) is 19.1 Å². The molecule has 2 N–H and O–H groups in total. The number of nitrogens with one attached hydrogen (secondary N) is 1. The first-order valence-electron chi connectivity index (χ1n) is 5.09. The molecule has 2 heterocycles. The van der Waals surface area contributed by atoms with Gasteiger partial charge >= 0.3 is 5.97 Å². The molecule has 5 nitrogen and oxygen atoms in total. The van der Waals surface area contributed by atoms with Crippen LogP contribution in [0.2, 0.25) is 0 Å². The standard InChI is InChI=1S/C11H12N2O3S/c1-7-13-6-9(17-7)5-12-4-8-2-3-10(16-8)11(14)15/h2-3,6,12H,4-5H2,1H3,(H,14,15). The van der Waals surface area contributed by atoms with Gasteiger partial charge in [0, 0.05) is 17.6 Å². The summed E-state index contributed by atoms with van der Waals surface area (Å²) in [5.41, 5.74) is 0. The number of carboxylic acids is 1. The Kier molecular flexibility index (Phi) is 3.55. The molecular weight excluding hydrogens is 240 g/mol. The number of aromatic nitrogens is 1. The van der Waals surface area contributed by atoms with E-state index in [0.29, 0.717) is 18.8 Å². The number of nitrogens with zero attached hydrogens (tertiary/aromatic N) is 1. The minimum atomic E-state index is -1.05. The highest BCUT2D eigenvalue weighted by atomic mass is 32.1. The molecule has 0 bridgehead atoms. The molecule has 2 aromatic rings. The lowest BCUT2D eigenvalue weighted by Crippen LogP contribution is -2.11. The molecule has 17 heavy (non-hydrogen) atoms. The molecule has 0 saturated carbocycles. The van der Waals surface area contributed by atoms with E-state index in [4.69, 9.17) is 9.52 Å². The van der Waals surface area contributed by atoms with Gasteiger partial charge < -0.3 is 14.8 Å². The predicted molar refractivity (Wildman–Crippen MR) is 63.1 cm³/mol. The third kappa shape index (κ3) is 3.15. The Morgan fingerprint density at radius 3 is 2.94 bits per heavy atom. The second-order valence-corrected chi connectivity index (χ2v) is 4.84. The van der Waals surface area contributed by atoms with Gasteiger partial charge in [-0.25, -0.2) is 9.78 Å². The van der Waals surface area contributed by atoms with Gasteiger partial charge in [0.15, 0.2) is 0 Å². The van der Waals surface area contributed by atoms with Crippen molar-refractivity contribution >= 4 is 17.3 Å². The molecule has 2 rings (SSSR count). The van der Waals surface area contributed by atoms with Gasteiger partial charge in [0.25, 0.3) is 0 Å². The van der Waals surface area contributed by atoms with Gasteiger partial charge in [-0.1, -0.05) is 0 Å². The van der Waals surface area contributed by atoms with Crippen molar-refractivity contribution in [2.24, 2.45) is 0 Å². The maximum absolute atomic E-state index is 10.6. The number of hydrogen-bond acceptors (Lipinski definition) is 5. The van der Waals surface area contributed by atoms with Crippen LogP contribution in [0.15, 0.2) is 22.7 Å². The average Bonchev–Trinajstić information content (AvgIpc) is 2.88. The summed E-state index contributed by atoms with van der Waals surface area (Å²) in [4.78, 5) is 15.9. The zero-order valence-corrected chi connectivity index (χ0v) is 10.1. The van der Waals surface area contributed by atoms with E-state index in [1.54, 1.807) is 17.4 Å². The molecule has 6 heteroatoms. The molecule has 90 valence electrons. The highest BCUT2D eigenvalue weighted by Gasteiger charge is 2.08. The number of aryl methyl sites for hydroxylation is 1. The lowest BCUT2D eigenvalue weighted by atomic mass is 10.4. The molecule has 0 saturated heterocycles. The molecule has 0 aliphatic carbocycles. The van der Waals surface area contributed by atoms with E-state index in [9.17, 15) is 4.79 Å². The Bertz CT molecular complexity index is 518. The number of rotatable bonds is 5. The van der Waals surface area contributed by atoms with Gasteiger partial charge in [-0.2, -0.15) is 0 Å². The minimum absolute atomic E-state index is 0.0320. The summed E-state index contributed by atoms with van der Waals surface area (Å²) < 4.78 is 5.11. The molecule has 0 radical (unpaired) electrons. The van der Waals surface area contributed by atoms with Crippen LogP contribution in [0.3, 0.4) is 0 Å². The summed E-state index contributed by atoms with van der Waals surface area (Å²) >= 11 is 1.63. The normalized spacial score (nSPS) is 10.6. The van der Waals surface area contributed by atoms with Gasteiger partial charge in [0.1, 0.15) is 5.76 Å². The van der Waals surface area contributed by atoms with E-state index in [-0.39, 0.29) is 5.76 Å². The minimum Gasteiger partial charge on any atom is -0.475 e. The monoisotopic (exact) mass is 252 g/mol. The fraction of sp³-hybridized carbons (Fsp3) is 0.273. The quantitative estimate of drug-likeness (QED) is 0.851. The van der Waals surface area contributed by atoms with Crippen LogP contribution in [-0.2, 0) is 13.1 Å². The van der Waals surface area contributed by atoms with E-state index >= 15 is 0 Å². The second-order valence-electron chi connectivity index (χ2n) is 3.52. The van der Waals surface area contributed by atoms with Crippen molar-refractivity contribution in [3.63, 3.8) is 0 Å². The Balaban J connectivity index is 1.83. The topological polar surface area (TPSA) is 75.4 Å². The van der Waals surface area contributed by atoms with E-state index in [1.165, 1.54) is 6.07 Å². The van der Waals surface area contributed by atoms with E-state index < -0.39 is 5.97 Å². The molecule has 0 unspecified atom stereocenters. The summed E-state index contributed by atoms with van der Waals surface area (Å²) in [6, 6.07) is 3.12. The first kappa shape index (κ1) is 11.8. The maximum atomic E-state index is 10.6. The smallest absolute Gasteiger partial charge is 0.371 e. The van der Waals surface area contributed by atoms with Crippen LogP contribution in [0.5, 0.6) is 0 Å². The van der Waals surface area contributed by atoms with Gasteiger partial charge in [-0.15, -0.1) is 11.3 Å². The number of carboxylic acid groups (broad SMARTS) is 1. The second kappa shape index (κ2) is 5.11. The SMILES string of the molecule is Cc1ncc(CNCc2ccc(C(=O)O)o2)s1. The molecule has 0 amide bonds. The van der Waals surface area contributed by atoms with E-state index in [0.717, 1.165) is 9.88 Å². The number of hydrogen-bond donors (Lipinski definition) is 2. The number of thiazole rings is 1. The van der Waals surface area contributed by atoms with Crippen molar-refractivity contribution in [1.29, 1.82) is 0 Å². The van der Waals surface area contributed by atoms with Crippen LogP contribution >= 0.6 is 11.3 Å². The Labute approximate surface area is 102 Å². The summed E-state index contributed by atoms with van der Waals surface area (Å²) in [6.45, 7) is 3.17. The number of carbonyl (C=O) groups is 1. The molecule has 2 aromatic heterocycles. The highest BCUT2D eigenvalue weighted by Crippen LogP contribution is 2.12. The molecule has 0 aliphatic heterocycles. The Morgan fingerprint density at radius 2 is 2.35 bits per heavy atom. The first-order chi connectivity index (χ1) is 8.15. The third-order valence-corrected chi connectivity index (χ3v) is 3.05. The molecule has 0 aliphatic rings. The third-order valence-electron chi connectivity index (χ3n) is 2.14. The molecular formula is C11H12N2O3S. The van der Waals surface area contributed by atoms with Crippen molar-refractivity contribution in [1.82, 2.24) is 10.3 Å². The van der Waals surface area contributed by atoms with Crippen molar-refractivity contribution in [2.75, 3.05) is 0 Å². The number of furan rings is 1. The molecule has 0 spiro atoms. The summed E-state index contributed by atoms with van der Waals surface area (Å²) in [5.74, 6) is -0.464. The van der Waals surface area contributed by atoms with Crippen LogP contribution in [0.1, 0.15) is 26.2 Å². The van der Waals surface area contributed by atoms with Gasteiger partial charge in [0.05, 0.1) is 11.6 Å². The van der Waals surface area contributed by atoms with Gasteiger partial charge in [0.2, 0.25) is 5.76 Å².